The highest BCUT2D eigenvalue weighted by Gasteiger charge is 2.50. The largest absolute Gasteiger partial charge is 0.490 e. The second-order valence-electron chi connectivity index (χ2n) is 5.65. The molecule has 0 bridgehead atoms. The van der Waals surface area contributed by atoms with Gasteiger partial charge in [0.25, 0.3) is 5.56 Å². The molecule has 0 spiro atoms. The van der Waals surface area contributed by atoms with Crippen molar-refractivity contribution in [3.63, 3.8) is 0 Å². The van der Waals surface area contributed by atoms with Crippen LogP contribution in [-0.2, 0) is 31.6 Å². The summed E-state index contributed by atoms with van der Waals surface area (Å²) in [5, 5.41) is 10.1. The predicted molar refractivity (Wildman–Crippen MR) is 93.7 cm³/mol. The van der Waals surface area contributed by atoms with Gasteiger partial charge in [-0.05, 0) is 0 Å². The number of H-pyrrole nitrogens is 1. The molecule has 0 saturated carbocycles. The molecule has 1 aromatic heterocycles. The van der Waals surface area contributed by atoms with Crippen LogP contribution in [0.4, 0.5) is 4.39 Å². The van der Waals surface area contributed by atoms with Crippen LogP contribution in [-0.4, -0.2) is 52.7 Å². The van der Waals surface area contributed by atoms with Gasteiger partial charge in [0.05, 0.1) is 2.74 Å². The van der Waals surface area contributed by atoms with E-state index in [0.717, 1.165) is 0 Å². The van der Waals surface area contributed by atoms with Gasteiger partial charge in [-0.25, -0.2) is 22.9 Å². The molecule has 0 amide bonds. The van der Waals surface area contributed by atoms with Crippen LogP contribution < -0.4 is 11.2 Å². The zero-order chi connectivity index (χ0) is 25.6. The van der Waals surface area contributed by atoms with E-state index in [9.17, 15) is 33.3 Å². The second kappa shape index (κ2) is 8.80. The molecule has 1 aliphatic heterocycles. The molecule has 0 radical (unpaired) electrons. The van der Waals surface area contributed by atoms with Gasteiger partial charge in [-0.15, -0.1) is 6.42 Å². The number of nitrogens with one attached hydrogen (secondary N) is 1. The van der Waals surface area contributed by atoms with Crippen molar-refractivity contribution >= 4 is 23.5 Å². The first kappa shape index (κ1) is 22.7. The number of hydrogen-bond donors (Lipinski definition) is 6. The topological polar surface area (TPSA) is 244 Å². The van der Waals surface area contributed by atoms with Crippen LogP contribution in [0, 0.1) is 12.3 Å². The number of nitrogens with zero attached hydrogens (tertiary/aromatic N) is 1. The Balaban J connectivity index is 2.31. The number of phosphoric ester groups is 1. The Labute approximate surface area is 173 Å². The molecule has 5 atom stereocenters. The van der Waals surface area contributed by atoms with E-state index in [0.29, 0.717) is 10.8 Å². The van der Waals surface area contributed by atoms with Crippen LogP contribution in [0.25, 0.3) is 0 Å². The monoisotopic (exact) mass is 512 g/mol. The fourth-order valence-electron chi connectivity index (χ4n) is 2.20. The third-order valence-electron chi connectivity index (χ3n) is 3.24. The summed E-state index contributed by atoms with van der Waals surface area (Å²) in [4.78, 5) is 60.7. The first-order valence-corrected chi connectivity index (χ1v) is 11.9. The van der Waals surface area contributed by atoms with Gasteiger partial charge in [0.1, 0.15) is 18.2 Å². The summed E-state index contributed by atoms with van der Waals surface area (Å²) in [6.45, 7) is -4.07. The van der Waals surface area contributed by atoms with Gasteiger partial charge in [0.2, 0.25) is 5.85 Å². The van der Waals surface area contributed by atoms with Gasteiger partial charge in [-0.1, -0.05) is 5.92 Å². The summed E-state index contributed by atoms with van der Waals surface area (Å²) in [6.07, 6.45) is 0.293. The van der Waals surface area contributed by atoms with Crippen LogP contribution in [0.2, 0.25) is 0 Å². The number of aliphatic hydroxyl groups is 1. The van der Waals surface area contributed by atoms with Crippen LogP contribution in [0.15, 0.2) is 15.8 Å². The number of alkyl halides is 1. The zero-order valence-electron chi connectivity index (χ0n) is 16.6. The van der Waals surface area contributed by atoms with Gasteiger partial charge in [-0.3, -0.25) is 18.9 Å². The Bertz CT molecular complexity index is 1240. The molecule has 1 aromatic rings. The Morgan fingerprint density at radius 2 is 1.94 bits per heavy atom. The first-order valence-electron chi connectivity index (χ1n) is 8.42. The number of hydrogen-bond acceptors (Lipinski definition) is 10. The summed E-state index contributed by atoms with van der Waals surface area (Å²) in [7, 11) is -18.0. The van der Waals surface area contributed by atoms with Crippen molar-refractivity contribution < 1.29 is 63.4 Å². The highest BCUT2D eigenvalue weighted by atomic mass is 31.3. The summed E-state index contributed by atoms with van der Waals surface area (Å²) in [5.41, 5.74) is -2.74. The third-order valence-corrected chi connectivity index (χ3v) is 6.88. The minimum atomic E-state index is -6.16. The highest BCUT2D eigenvalue weighted by molar-refractivity contribution is 7.66. The van der Waals surface area contributed by atoms with E-state index in [4.69, 9.17) is 23.8 Å². The Kier molecular flexibility index (Phi) is 6.44. The molecular weight excluding hydrogens is 496 g/mol. The van der Waals surface area contributed by atoms with E-state index in [2.05, 4.69) is 17.9 Å². The fraction of sp³-hybridized carbons (Fsp3) is 0.455. The first-order chi connectivity index (χ1) is 14.7. The summed E-state index contributed by atoms with van der Waals surface area (Å²) in [5.74, 6) is -1.96. The lowest BCUT2D eigenvalue weighted by Gasteiger charge is -2.22. The van der Waals surface area contributed by atoms with Crippen molar-refractivity contribution in [2.75, 3.05) is 6.56 Å². The Morgan fingerprint density at radius 3 is 2.48 bits per heavy atom. The highest BCUT2D eigenvalue weighted by Crippen LogP contribution is 2.66. The quantitative estimate of drug-likeness (QED) is 0.177. The summed E-state index contributed by atoms with van der Waals surface area (Å²) in [6, 6.07) is 0. The van der Waals surface area contributed by atoms with Crippen molar-refractivity contribution in [1.82, 2.24) is 9.55 Å². The normalized spacial score (nSPS) is 29.3. The Morgan fingerprint density at radius 1 is 1.32 bits per heavy atom. The molecule has 6 N–H and O–H groups in total. The zero-order valence-corrected chi connectivity index (χ0v) is 17.3. The van der Waals surface area contributed by atoms with Crippen molar-refractivity contribution in [2.45, 2.75) is 24.6 Å². The number of aromatic amines is 1. The van der Waals surface area contributed by atoms with Crippen LogP contribution in [0.5, 0.6) is 0 Å². The number of rotatable bonds is 8. The number of terminal acetylenes is 1. The number of aromatic nitrogens is 2. The molecule has 1 fully saturated rings. The van der Waals surface area contributed by atoms with Gasteiger partial charge in [0.15, 0.2) is 6.23 Å². The van der Waals surface area contributed by atoms with Crippen LogP contribution in [0.1, 0.15) is 21.0 Å². The molecule has 2 unspecified atom stereocenters. The molecule has 0 aliphatic carbocycles. The average molecular weight is 512 g/mol. The number of halogens is 1. The van der Waals surface area contributed by atoms with E-state index in [-0.39, 0.29) is 0 Å². The number of aliphatic hydroxyl groups excluding tert-OH is 1. The van der Waals surface area contributed by atoms with Crippen LogP contribution >= 0.6 is 23.5 Å². The van der Waals surface area contributed by atoms with Gasteiger partial charge < -0.3 is 29.4 Å². The SMILES string of the molecule is [2H]C([2H])(OP(=O)(O)OP(=O)(O)OP(=O)(O)O)[C@]1(F)C[C@@H](O)[C@H](n2cc(C#C)c(=O)[nH]c2=O)O1. The maximum Gasteiger partial charge on any atom is 0.490 e. The lowest BCUT2D eigenvalue weighted by atomic mass is 10.2. The predicted octanol–water partition coefficient (Wildman–Crippen LogP) is -1.19. The minimum absolute atomic E-state index is 0.392. The molecule has 2 heterocycles. The van der Waals surface area contributed by atoms with Crippen molar-refractivity contribution in [2.24, 2.45) is 0 Å². The Hall–Kier alpha value is -1.50. The number of phosphoric acid groups is 3. The van der Waals surface area contributed by atoms with Crippen molar-refractivity contribution in [3.8, 4) is 12.3 Å². The van der Waals surface area contributed by atoms with Gasteiger partial charge in [0, 0.05) is 12.6 Å². The van der Waals surface area contributed by atoms with E-state index in [1.807, 2.05) is 5.92 Å². The molecule has 0 aromatic carbocycles. The molecule has 1 aliphatic rings. The van der Waals surface area contributed by atoms with Crippen LogP contribution in [0.3, 0.4) is 0 Å². The smallest absolute Gasteiger partial charge is 0.388 e. The molecule has 174 valence electrons. The van der Waals surface area contributed by atoms with Gasteiger partial charge >= 0.3 is 29.2 Å². The van der Waals surface area contributed by atoms with E-state index >= 15 is 4.39 Å². The molecule has 31 heavy (non-hydrogen) atoms. The maximum atomic E-state index is 15.2. The summed E-state index contributed by atoms with van der Waals surface area (Å²) >= 11 is 0. The number of ether oxygens (including phenoxy) is 1. The van der Waals surface area contributed by atoms with E-state index in [1.54, 1.807) is 4.98 Å². The standard InChI is InChI=1S/C11H14FN2O14P3/c1-2-6-4-14(10(17)13-8(6)16)9-7(15)3-11(12,26-9)5-25-30(21,22)28-31(23,24)27-29(18,19)20/h1,4,7,9,15H,3,5H2,(H,21,22)(H,23,24)(H,13,16,17)(H2,18,19,20)/t7-,9-,11+/m1/s1/i5D2. The van der Waals surface area contributed by atoms with Gasteiger partial charge in [-0.2, -0.15) is 8.62 Å². The third kappa shape index (κ3) is 6.99. The lowest BCUT2D eigenvalue weighted by Crippen LogP contribution is -2.37. The van der Waals surface area contributed by atoms with E-state index < -0.39 is 71.4 Å². The molecule has 1 saturated heterocycles. The molecular formula is C11H14FN2O14P3. The second-order valence-corrected chi connectivity index (χ2v) is 9.99. The van der Waals surface area contributed by atoms with Crippen molar-refractivity contribution in [1.29, 1.82) is 0 Å². The van der Waals surface area contributed by atoms with Crippen molar-refractivity contribution in [3.05, 3.63) is 32.6 Å². The molecule has 2 rings (SSSR count). The molecule has 20 heteroatoms. The minimum Gasteiger partial charge on any atom is -0.388 e. The fourth-order valence-corrected chi connectivity index (χ4v) is 5.09. The summed E-state index contributed by atoms with van der Waals surface area (Å²) < 4.78 is 79.8. The molecule has 16 nitrogen and oxygen atoms in total. The average Bonchev–Trinajstić information content (AvgIpc) is 2.86. The lowest BCUT2D eigenvalue weighted by molar-refractivity contribution is -0.178. The maximum absolute atomic E-state index is 15.2. The van der Waals surface area contributed by atoms with E-state index in [1.165, 1.54) is 0 Å².